The average molecular weight is 378 g/mol. The molecule has 0 saturated heterocycles. The van der Waals surface area contributed by atoms with E-state index in [1.807, 2.05) is 12.1 Å². The zero-order chi connectivity index (χ0) is 14.9. The molecular formula is C14H12BrCl2FN2. The normalized spacial score (nSPS) is 14.1. The lowest BCUT2D eigenvalue weighted by molar-refractivity contribution is 0.480. The van der Waals surface area contributed by atoms with Crippen LogP contribution < -0.4 is 5.73 Å². The van der Waals surface area contributed by atoms with Gasteiger partial charge in [-0.05, 0) is 52.7 Å². The monoisotopic (exact) mass is 376 g/mol. The highest BCUT2D eigenvalue weighted by atomic mass is 79.9. The number of aromatic nitrogens is 1. The Morgan fingerprint density at radius 1 is 1.30 bits per heavy atom. The molecule has 0 fully saturated rings. The molecule has 0 bridgehead atoms. The highest BCUT2D eigenvalue weighted by Gasteiger charge is 2.26. The number of nitrogens with zero attached hydrogens (tertiary/aromatic N) is 1. The summed E-state index contributed by atoms with van der Waals surface area (Å²) in [4.78, 5) is 4.27. The first-order chi connectivity index (χ1) is 9.29. The molecule has 106 valence electrons. The van der Waals surface area contributed by atoms with Crippen molar-refractivity contribution in [3.05, 3.63) is 62.1 Å². The van der Waals surface area contributed by atoms with Gasteiger partial charge in [0, 0.05) is 33.3 Å². The van der Waals surface area contributed by atoms with Crippen molar-refractivity contribution in [2.75, 3.05) is 0 Å². The van der Waals surface area contributed by atoms with E-state index in [0.717, 1.165) is 10.2 Å². The molecule has 1 heterocycles. The van der Waals surface area contributed by atoms with E-state index < -0.39 is 11.4 Å². The van der Waals surface area contributed by atoms with Gasteiger partial charge in [-0.2, -0.15) is 0 Å². The van der Waals surface area contributed by atoms with Crippen LogP contribution in [0.15, 0.2) is 34.9 Å². The molecule has 1 atom stereocenters. The van der Waals surface area contributed by atoms with Crippen LogP contribution in [0.1, 0.15) is 18.2 Å². The van der Waals surface area contributed by atoms with Gasteiger partial charge in [-0.15, -0.1) is 0 Å². The van der Waals surface area contributed by atoms with Gasteiger partial charge in [0.05, 0.1) is 5.02 Å². The number of benzene rings is 1. The summed E-state index contributed by atoms with van der Waals surface area (Å²) in [5.74, 6) is -0.536. The second-order valence-corrected chi connectivity index (χ2v) is 6.54. The SMILES string of the molecule is CC(N)(Cc1ccc(Br)cn1)c1cc(F)c(Cl)cc1Cl. The Morgan fingerprint density at radius 3 is 2.60 bits per heavy atom. The van der Waals surface area contributed by atoms with E-state index in [2.05, 4.69) is 20.9 Å². The van der Waals surface area contributed by atoms with Crippen molar-refractivity contribution in [1.29, 1.82) is 0 Å². The van der Waals surface area contributed by atoms with Crippen molar-refractivity contribution >= 4 is 39.1 Å². The Hall–Kier alpha value is -0.680. The second kappa shape index (κ2) is 5.98. The number of halogens is 4. The van der Waals surface area contributed by atoms with Crippen molar-refractivity contribution < 1.29 is 4.39 Å². The van der Waals surface area contributed by atoms with Gasteiger partial charge in [-0.25, -0.2) is 4.39 Å². The molecule has 1 aromatic heterocycles. The highest BCUT2D eigenvalue weighted by Crippen LogP contribution is 2.32. The summed E-state index contributed by atoms with van der Waals surface area (Å²) >= 11 is 15.1. The third kappa shape index (κ3) is 3.50. The maximum Gasteiger partial charge on any atom is 0.142 e. The zero-order valence-electron chi connectivity index (χ0n) is 10.6. The summed E-state index contributed by atoms with van der Waals surface area (Å²) in [6.07, 6.45) is 2.12. The van der Waals surface area contributed by atoms with E-state index in [0.29, 0.717) is 17.0 Å². The Morgan fingerprint density at radius 2 is 2.00 bits per heavy atom. The summed E-state index contributed by atoms with van der Waals surface area (Å²) in [7, 11) is 0. The van der Waals surface area contributed by atoms with Crippen molar-refractivity contribution in [1.82, 2.24) is 4.98 Å². The second-order valence-electron chi connectivity index (χ2n) is 4.81. The van der Waals surface area contributed by atoms with E-state index in [1.165, 1.54) is 12.1 Å². The predicted molar refractivity (Wildman–Crippen MR) is 83.6 cm³/mol. The molecule has 2 rings (SSSR count). The largest absolute Gasteiger partial charge is 0.321 e. The molecule has 20 heavy (non-hydrogen) atoms. The smallest absolute Gasteiger partial charge is 0.142 e. The van der Waals surface area contributed by atoms with Crippen LogP contribution >= 0.6 is 39.1 Å². The molecule has 6 heteroatoms. The lowest BCUT2D eigenvalue weighted by atomic mass is 9.88. The molecule has 0 amide bonds. The summed E-state index contributed by atoms with van der Waals surface area (Å²) in [5, 5.41) is 0.329. The van der Waals surface area contributed by atoms with Gasteiger partial charge in [0.2, 0.25) is 0 Å². The number of hydrogen-bond acceptors (Lipinski definition) is 2. The van der Waals surface area contributed by atoms with Crippen LogP contribution in [0.5, 0.6) is 0 Å². The molecular weight excluding hydrogens is 366 g/mol. The molecule has 1 aromatic carbocycles. The van der Waals surface area contributed by atoms with Gasteiger partial charge in [0.25, 0.3) is 0 Å². The van der Waals surface area contributed by atoms with Crippen LogP contribution in [0.3, 0.4) is 0 Å². The van der Waals surface area contributed by atoms with Crippen molar-refractivity contribution in [2.45, 2.75) is 18.9 Å². The Balaban J connectivity index is 2.34. The maximum absolute atomic E-state index is 13.6. The Kier molecular flexibility index (Phi) is 4.69. The van der Waals surface area contributed by atoms with Gasteiger partial charge in [0.1, 0.15) is 5.82 Å². The quantitative estimate of drug-likeness (QED) is 0.787. The zero-order valence-corrected chi connectivity index (χ0v) is 13.7. The maximum atomic E-state index is 13.6. The predicted octanol–water partition coefficient (Wildman–Crippen LogP) is 4.71. The van der Waals surface area contributed by atoms with Crippen LogP contribution in [-0.4, -0.2) is 4.98 Å². The molecule has 0 saturated carbocycles. The summed E-state index contributed by atoms with van der Waals surface area (Å²) in [6, 6.07) is 6.38. The topological polar surface area (TPSA) is 38.9 Å². The first-order valence-electron chi connectivity index (χ1n) is 5.84. The fourth-order valence-electron chi connectivity index (χ4n) is 1.94. The summed E-state index contributed by atoms with van der Waals surface area (Å²) in [6.45, 7) is 1.78. The van der Waals surface area contributed by atoms with Crippen LogP contribution in [0, 0.1) is 5.82 Å². The summed E-state index contributed by atoms with van der Waals surface area (Å²) < 4.78 is 14.5. The van der Waals surface area contributed by atoms with E-state index in [9.17, 15) is 4.39 Å². The third-order valence-corrected chi connectivity index (χ3v) is 4.03. The van der Waals surface area contributed by atoms with Crippen LogP contribution in [-0.2, 0) is 12.0 Å². The average Bonchev–Trinajstić information content (AvgIpc) is 2.36. The van der Waals surface area contributed by atoms with Gasteiger partial charge in [0.15, 0.2) is 0 Å². The third-order valence-electron chi connectivity index (χ3n) is 2.96. The molecule has 0 aliphatic carbocycles. The van der Waals surface area contributed by atoms with Gasteiger partial charge in [-0.1, -0.05) is 23.2 Å². The number of nitrogens with two attached hydrogens (primary N) is 1. The highest BCUT2D eigenvalue weighted by molar-refractivity contribution is 9.10. The summed E-state index contributed by atoms with van der Waals surface area (Å²) in [5.41, 5.74) is 6.74. The van der Waals surface area contributed by atoms with Crippen LogP contribution in [0.4, 0.5) is 4.39 Å². The fourth-order valence-corrected chi connectivity index (χ4v) is 2.78. The first kappa shape index (κ1) is 15.7. The van der Waals surface area contributed by atoms with E-state index >= 15 is 0 Å². The molecule has 1 unspecified atom stereocenters. The first-order valence-corrected chi connectivity index (χ1v) is 7.39. The van der Waals surface area contributed by atoms with Crippen molar-refractivity contribution in [3.63, 3.8) is 0 Å². The Labute approximate surface area is 135 Å². The molecule has 2 aromatic rings. The fraction of sp³-hybridized carbons (Fsp3) is 0.214. The number of rotatable bonds is 3. The van der Waals surface area contributed by atoms with Crippen molar-refractivity contribution in [3.8, 4) is 0 Å². The molecule has 0 aliphatic heterocycles. The molecule has 2 nitrogen and oxygen atoms in total. The van der Waals surface area contributed by atoms with Crippen LogP contribution in [0.2, 0.25) is 10.0 Å². The minimum absolute atomic E-state index is 0.0173. The van der Waals surface area contributed by atoms with E-state index in [4.69, 9.17) is 28.9 Å². The number of pyridine rings is 1. The molecule has 0 radical (unpaired) electrons. The Bertz CT molecular complexity index is 630. The lowest BCUT2D eigenvalue weighted by Crippen LogP contribution is -2.36. The number of hydrogen-bond donors (Lipinski definition) is 1. The van der Waals surface area contributed by atoms with Gasteiger partial charge < -0.3 is 5.73 Å². The van der Waals surface area contributed by atoms with Crippen LogP contribution in [0.25, 0.3) is 0 Å². The van der Waals surface area contributed by atoms with Crippen molar-refractivity contribution in [2.24, 2.45) is 5.73 Å². The minimum atomic E-state index is -0.844. The standard InChI is InChI=1S/C14H12BrCl2FN2/c1-14(19,6-9-3-2-8(15)7-20-9)10-4-13(18)12(17)5-11(10)16/h2-5,7H,6,19H2,1H3. The van der Waals surface area contributed by atoms with Gasteiger partial charge in [-0.3, -0.25) is 4.98 Å². The molecule has 0 aliphatic rings. The molecule has 2 N–H and O–H groups in total. The minimum Gasteiger partial charge on any atom is -0.321 e. The van der Waals surface area contributed by atoms with Gasteiger partial charge >= 0.3 is 0 Å². The van der Waals surface area contributed by atoms with E-state index in [1.54, 1.807) is 13.1 Å². The van der Waals surface area contributed by atoms with E-state index in [-0.39, 0.29) is 5.02 Å². The lowest BCUT2D eigenvalue weighted by Gasteiger charge is -2.26. The molecule has 0 spiro atoms.